The smallest absolute Gasteiger partial charge is 0.449 e. The lowest BCUT2D eigenvalue weighted by atomic mass is 9.79. The van der Waals surface area contributed by atoms with Crippen molar-refractivity contribution >= 4 is 12.6 Å². The summed E-state index contributed by atoms with van der Waals surface area (Å²) in [5, 5.41) is 18.2. The number of hydrogen-bond donors (Lipinski definition) is 2. The third-order valence-electron chi connectivity index (χ3n) is 1.99. The highest BCUT2D eigenvalue weighted by Crippen LogP contribution is 2.37. The zero-order chi connectivity index (χ0) is 10.3. The summed E-state index contributed by atoms with van der Waals surface area (Å²) in [6, 6.07) is 5.02. The van der Waals surface area contributed by atoms with E-state index in [0.717, 1.165) is 0 Å². The van der Waals surface area contributed by atoms with Gasteiger partial charge in [-0.1, -0.05) is 12.1 Å². The highest BCUT2D eigenvalue weighted by atomic mass is 16.7. The fourth-order valence-corrected chi connectivity index (χ4v) is 1.46. The Morgan fingerprint density at radius 2 is 1.93 bits per heavy atom. The Labute approximate surface area is 82.2 Å². The maximum absolute atomic E-state index is 9.08. The molecule has 2 rings (SSSR count). The number of rotatable bonds is 1. The minimum absolute atomic E-state index is 0.327. The summed E-state index contributed by atoms with van der Waals surface area (Å²) in [6.07, 6.45) is 0. The molecule has 1 aromatic carbocycles. The predicted molar refractivity (Wildman–Crippen MR) is 51.6 cm³/mol. The molecule has 4 nitrogen and oxygen atoms in total. The van der Waals surface area contributed by atoms with Crippen LogP contribution >= 0.6 is 0 Å². The lowest BCUT2D eigenvalue weighted by Gasteiger charge is -2.16. The van der Waals surface area contributed by atoms with Gasteiger partial charge in [0.05, 0.1) is 0 Å². The molecule has 0 unspecified atom stereocenters. The maximum atomic E-state index is 9.08. The highest BCUT2D eigenvalue weighted by molar-refractivity contribution is 6.59. The number of fused-ring (bicyclic) bond motifs is 1. The first kappa shape index (κ1) is 9.36. The van der Waals surface area contributed by atoms with Gasteiger partial charge in [-0.25, -0.2) is 0 Å². The first-order chi connectivity index (χ1) is 6.49. The Morgan fingerprint density at radius 1 is 1.21 bits per heavy atom. The fourth-order valence-electron chi connectivity index (χ4n) is 1.46. The van der Waals surface area contributed by atoms with Gasteiger partial charge in [-0.2, -0.15) is 0 Å². The predicted octanol–water partition coefficient (Wildman–Crippen LogP) is -0.126. The molecular formula is C9H11BO4. The van der Waals surface area contributed by atoms with Gasteiger partial charge in [-0.3, -0.25) is 0 Å². The van der Waals surface area contributed by atoms with Crippen molar-refractivity contribution in [3.05, 3.63) is 18.2 Å². The molecule has 0 fully saturated rings. The molecule has 0 atom stereocenters. The molecule has 0 aromatic heterocycles. The molecule has 1 aliphatic heterocycles. The van der Waals surface area contributed by atoms with Crippen molar-refractivity contribution in [3.63, 3.8) is 0 Å². The normalized spacial score (nSPS) is 16.9. The molecule has 74 valence electrons. The molecule has 5 heteroatoms. The van der Waals surface area contributed by atoms with E-state index in [9.17, 15) is 0 Å². The molecule has 1 aliphatic rings. The van der Waals surface area contributed by atoms with Gasteiger partial charge in [0.1, 0.15) is 0 Å². The van der Waals surface area contributed by atoms with Gasteiger partial charge in [0.15, 0.2) is 11.5 Å². The van der Waals surface area contributed by atoms with Crippen molar-refractivity contribution < 1.29 is 19.5 Å². The molecule has 0 saturated heterocycles. The van der Waals surface area contributed by atoms with E-state index < -0.39 is 12.9 Å². The molecule has 0 spiro atoms. The van der Waals surface area contributed by atoms with Gasteiger partial charge in [0.25, 0.3) is 0 Å². The molecule has 0 saturated carbocycles. The van der Waals surface area contributed by atoms with Crippen molar-refractivity contribution in [1.29, 1.82) is 0 Å². The molecule has 1 heterocycles. The molecule has 2 N–H and O–H groups in total. The Morgan fingerprint density at radius 3 is 2.57 bits per heavy atom. The zero-order valence-corrected chi connectivity index (χ0v) is 8.02. The van der Waals surface area contributed by atoms with Crippen LogP contribution in [0.25, 0.3) is 0 Å². The van der Waals surface area contributed by atoms with Crippen LogP contribution in [-0.4, -0.2) is 23.0 Å². The largest absolute Gasteiger partial charge is 0.492 e. The molecule has 0 aliphatic carbocycles. The van der Waals surface area contributed by atoms with Crippen LogP contribution in [0.3, 0.4) is 0 Å². The highest BCUT2D eigenvalue weighted by Gasteiger charge is 2.35. The van der Waals surface area contributed by atoms with Crippen LogP contribution in [-0.2, 0) is 0 Å². The standard InChI is InChI=1S/C9H11BO4/c1-9(2)13-7-5-3-4-6(10(11)12)8(7)14-9/h3-5,11-12H,1-2H3. The van der Waals surface area contributed by atoms with Crippen molar-refractivity contribution in [3.8, 4) is 11.5 Å². The van der Waals surface area contributed by atoms with E-state index in [-0.39, 0.29) is 0 Å². The van der Waals surface area contributed by atoms with Crippen molar-refractivity contribution in [2.75, 3.05) is 0 Å². The van der Waals surface area contributed by atoms with Crippen molar-refractivity contribution in [2.45, 2.75) is 19.6 Å². The third-order valence-corrected chi connectivity index (χ3v) is 1.99. The first-order valence-electron chi connectivity index (χ1n) is 4.37. The topological polar surface area (TPSA) is 58.9 Å². The molecule has 0 radical (unpaired) electrons. The quantitative estimate of drug-likeness (QED) is 0.611. The van der Waals surface area contributed by atoms with E-state index in [4.69, 9.17) is 19.5 Å². The van der Waals surface area contributed by atoms with Crippen LogP contribution in [0.5, 0.6) is 11.5 Å². The number of para-hydroxylation sites is 1. The average Bonchev–Trinajstić information content (AvgIpc) is 2.36. The minimum Gasteiger partial charge on any atom is -0.449 e. The lowest BCUT2D eigenvalue weighted by Crippen LogP contribution is -2.34. The fraction of sp³-hybridized carbons (Fsp3) is 0.333. The number of hydrogen-bond acceptors (Lipinski definition) is 4. The number of ether oxygens (including phenoxy) is 2. The summed E-state index contributed by atoms with van der Waals surface area (Å²) in [5.41, 5.74) is 0.327. The Kier molecular flexibility index (Phi) is 1.94. The Bertz CT molecular complexity index is 362. The van der Waals surface area contributed by atoms with Crippen LogP contribution in [0.1, 0.15) is 13.8 Å². The van der Waals surface area contributed by atoms with Gasteiger partial charge >= 0.3 is 7.12 Å². The van der Waals surface area contributed by atoms with E-state index >= 15 is 0 Å². The van der Waals surface area contributed by atoms with Crippen LogP contribution < -0.4 is 14.9 Å². The first-order valence-corrected chi connectivity index (χ1v) is 4.37. The SMILES string of the molecule is CC1(C)Oc2cccc(B(O)O)c2O1. The van der Waals surface area contributed by atoms with Crippen LogP contribution in [0, 0.1) is 0 Å². The van der Waals surface area contributed by atoms with Gasteiger partial charge < -0.3 is 19.5 Å². The third kappa shape index (κ3) is 1.45. The lowest BCUT2D eigenvalue weighted by molar-refractivity contribution is -0.0428. The summed E-state index contributed by atoms with van der Waals surface area (Å²) >= 11 is 0. The molecule has 1 aromatic rings. The van der Waals surface area contributed by atoms with Gasteiger partial charge in [-0.15, -0.1) is 0 Å². The summed E-state index contributed by atoms with van der Waals surface area (Å²) in [4.78, 5) is 0. The van der Waals surface area contributed by atoms with E-state index in [1.54, 1.807) is 32.0 Å². The number of benzene rings is 1. The van der Waals surface area contributed by atoms with Crippen LogP contribution in [0.15, 0.2) is 18.2 Å². The summed E-state index contributed by atoms with van der Waals surface area (Å²) in [5.74, 6) is 0.209. The van der Waals surface area contributed by atoms with Crippen molar-refractivity contribution in [2.24, 2.45) is 0 Å². The van der Waals surface area contributed by atoms with Crippen molar-refractivity contribution in [1.82, 2.24) is 0 Å². The van der Waals surface area contributed by atoms with Crippen LogP contribution in [0.4, 0.5) is 0 Å². The molecule has 14 heavy (non-hydrogen) atoms. The Balaban J connectivity index is 2.46. The average molecular weight is 194 g/mol. The molecular weight excluding hydrogens is 183 g/mol. The summed E-state index contributed by atoms with van der Waals surface area (Å²) in [6.45, 7) is 3.53. The second-order valence-electron chi connectivity index (χ2n) is 3.65. The second-order valence-corrected chi connectivity index (χ2v) is 3.65. The van der Waals surface area contributed by atoms with E-state index in [1.807, 2.05) is 0 Å². The summed E-state index contributed by atoms with van der Waals surface area (Å²) < 4.78 is 10.9. The summed E-state index contributed by atoms with van der Waals surface area (Å²) in [7, 11) is -1.54. The zero-order valence-electron chi connectivity index (χ0n) is 8.02. The second kappa shape index (κ2) is 2.90. The van der Waals surface area contributed by atoms with E-state index in [0.29, 0.717) is 17.0 Å². The Hall–Kier alpha value is -1.20. The maximum Gasteiger partial charge on any atom is 0.492 e. The molecule has 0 bridgehead atoms. The van der Waals surface area contributed by atoms with Crippen LogP contribution in [0.2, 0.25) is 0 Å². The monoisotopic (exact) mass is 194 g/mol. The minimum atomic E-state index is -1.54. The van der Waals surface area contributed by atoms with E-state index in [2.05, 4.69) is 0 Å². The van der Waals surface area contributed by atoms with Gasteiger partial charge in [0, 0.05) is 19.3 Å². The van der Waals surface area contributed by atoms with E-state index in [1.165, 1.54) is 0 Å². The van der Waals surface area contributed by atoms with Gasteiger partial charge in [0.2, 0.25) is 5.79 Å². The van der Waals surface area contributed by atoms with Gasteiger partial charge in [-0.05, 0) is 6.07 Å². The molecule has 0 amide bonds.